The summed E-state index contributed by atoms with van der Waals surface area (Å²) in [7, 11) is 0. The highest BCUT2D eigenvalue weighted by molar-refractivity contribution is 6.29. The molecular weight excluding hydrogens is 274 g/mol. The molecule has 1 N–H and O–H groups in total. The molecule has 0 atom stereocenters. The molecule has 1 aromatic carbocycles. The highest BCUT2D eigenvalue weighted by Crippen LogP contribution is 2.25. The number of anilines is 1. The molecule has 0 spiro atoms. The van der Waals surface area contributed by atoms with Crippen molar-refractivity contribution in [2.24, 2.45) is 0 Å². The average Bonchev–Trinajstić information content (AvgIpc) is 2.75. The SMILES string of the molecule is Cc1oc2ccccc2c1CCNc1cc(Cl)ncn1. The molecule has 2 heterocycles. The molecule has 0 bridgehead atoms. The van der Waals surface area contributed by atoms with Crippen molar-refractivity contribution in [2.45, 2.75) is 13.3 Å². The van der Waals surface area contributed by atoms with Crippen LogP contribution in [0.4, 0.5) is 5.82 Å². The predicted octanol–water partition coefficient (Wildman–Crippen LogP) is 3.84. The Labute approximate surface area is 121 Å². The van der Waals surface area contributed by atoms with Crippen LogP contribution in [-0.4, -0.2) is 16.5 Å². The zero-order valence-corrected chi connectivity index (χ0v) is 11.8. The van der Waals surface area contributed by atoms with Gasteiger partial charge in [-0.3, -0.25) is 0 Å². The van der Waals surface area contributed by atoms with Crippen LogP contribution in [0.15, 0.2) is 41.1 Å². The Hall–Kier alpha value is -2.07. The second-order valence-electron chi connectivity index (χ2n) is 4.54. The van der Waals surface area contributed by atoms with Gasteiger partial charge in [0.25, 0.3) is 0 Å². The fourth-order valence-corrected chi connectivity index (χ4v) is 2.42. The lowest BCUT2D eigenvalue weighted by Gasteiger charge is -2.05. The Morgan fingerprint density at radius 3 is 2.95 bits per heavy atom. The van der Waals surface area contributed by atoms with Crippen molar-refractivity contribution in [3.05, 3.63) is 53.1 Å². The minimum absolute atomic E-state index is 0.437. The van der Waals surface area contributed by atoms with Gasteiger partial charge < -0.3 is 9.73 Å². The number of rotatable bonds is 4. The highest BCUT2D eigenvalue weighted by Gasteiger charge is 2.09. The lowest BCUT2D eigenvalue weighted by molar-refractivity contribution is 0.572. The fraction of sp³-hybridized carbons (Fsp3) is 0.200. The normalized spacial score (nSPS) is 10.9. The fourth-order valence-electron chi connectivity index (χ4n) is 2.28. The van der Waals surface area contributed by atoms with E-state index < -0.39 is 0 Å². The van der Waals surface area contributed by atoms with Crippen LogP contribution in [0.2, 0.25) is 5.15 Å². The summed E-state index contributed by atoms with van der Waals surface area (Å²) in [5.41, 5.74) is 2.17. The number of nitrogens with zero attached hydrogens (tertiary/aromatic N) is 2. The maximum absolute atomic E-state index is 5.82. The third-order valence-electron chi connectivity index (χ3n) is 3.22. The van der Waals surface area contributed by atoms with Crippen molar-refractivity contribution >= 4 is 28.4 Å². The number of benzene rings is 1. The van der Waals surface area contributed by atoms with Crippen LogP contribution in [0.5, 0.6) is 0 Å². The minimum Gasteiger partial charge on any atom is -0.461 e. The number of fused-ring (bicyclic) bond motifs is 1. The van der Waals surface area contributed by atoms with E-state index in [0.29, 0.717) is 5.15 Å². The van der Waals surface area contributed by atoms with Crippen LogP contribution in [0.25, 0.3) is 11.0 Å². The smallest absolute Gasteiger partial charge is 0.134 e. The molecule has 0 saturated carbocycles. The van der Waals surface area contributed by atoms with E-state index in [-0.39, 0.29) is 0 Å². The number of aromatic nitrogens is 2. The van der Waals surface area contributed by atoms with Crippen molar-refractivity contribution in [1.82, 2.24) is 9.97 Å². The van der Waals surface area contributed by atoms with Gasteiger partial charge in [-0.1, -0.05) is 29.8 Å². The molecule has 5 heteroatoms. The molecule has 102 valence electrons. The Balaban J connectivity index is 1.73. The summed E-state index contributed by atoms with van der Waals surface area (Å²) in [5.74, 6) is 1.70. The summed E-state index contributed by atoms with van der Waals surface area (Å²) in [4.78, 5) is 7.97. The quantitative estimate of drug-likeness (QED) is 0.741. The van der Waals surface area contributed by atoms with Gasteiger partial charge in [0.15, 0.2) is 0 Å². The molecule has 20 heavy (non-hydrogen) atoms. The molecule has 0 saturated heterocycles. The maximum Gasteiger partial charge on any atom is 0.134 e. The standard InChI is InChI=1S/C15H14ClN3O/c1-10-11(12-4-2-3-5-13(12)20-10)6-7-17-15-8-14(16)18-9-19-15/h2-5,8-9H,6-7H2,1H3,(H,17,18,19). The highest BCUT2D eigenvalue weighted by atomic mass is 35.5. The number of furan rings is 1. The summed E-state index contributed by atoms with van der Waals surface area (Å²) in [6.45, 7) is 2.76. The van der Waals surface area contributed by atoms with Gasteiger partial charge in [-0.2, -0.15) is 0 Å². The molecule has 4 nitrogen and oxygen atoms in total. The molecule has 0 aliphatic heterocycles. The molecular formula is C15H14ClN3O. The number of hydrogen-bond donors (Lipinski definition) is 1. The van der Waals surface area contributed by atoms with E-state index in [1.54, 1.807) is 6.07 Å². The number of hydrogen-bond acceptors (Lipinski definition) is 4. The predicted molar refractivity (Wildman–Crippen MR) is 80.2 cm³/mol. The van der Waals surface area contributed by atoms with Crippen LogP contribution in [0.3, 0.4) is 0 Å². The number of halogens is 1. The molecule has 0 aliphatic rings. The molecule has 0 unspecified atom stereocenters. The molecule has 3 rings (SSSR count). The Morgan fingerprint density at radius 1 is 1.25 bits per heavy atom. The van der Waals surface area contributed by atoms with E-state index in [0.717, 1.165) is 30.1 Å². The van der Waals surface area contributed by atoms with Gasteiger partial charge in [0.1, 0.15) is 28.6 Å². The summed E-state index contributed by atoms with van der Waals surface area (Å²) < 4.78 is 5.75. The topological polar surface area (TPSA) is 51.0 Å². The van der Waals surface area contributed by atoms with Gasteiger partial charge in [0.05, 0.1) is 0 Å². The summed E-state index contributed by atoms with van der Waals surface area (Å²) in [6.07, 6.45) is 2.31. The van der Waals surface area contributed by atoms with Gasteiger partial charge >= 0.3 is 0 Å². The van der Waals surface area contributed by atoms with Crippen molar-refractivity contribution in [3.8, 4) is 0 Å². The molecule has 0 aliphatic carbocycles. The largest absolute Gasteiger partial charge is 0.461 e. The van der Waals surface area contributed by atoms with E-state index in [1.165, 1.54) is 17.3 Å². The number of nitrogens with one attached hydrogen (secondary N) is 1. The summed E-state index contributed by atoms with van der Waals surface area (Å²) in [5, 5.41) is 4.85. The molecule has 3 aromatic rings. The van der Waals surface area contributed by atoms with Crippen LogP contribution in [0, 0.1) is 6.92 Å². The Kier molecular flexibility index (Phi) is 3.56. The number of para-hydroxylation sites is 1. The Morgan fingerprint density at radius 2 is 2.10 bits per heavy atom. The lowest BCUT2D eigenvalue weighted by Crippen LogP contribution is -2.06. The van der Waals surface area contributed by atoms with Crippen molar-refractivity contribution in [2.75, 3.05) is 11.9 Å². The van der Waals surface area contributed by atoms with Gasteiger partial charge in [0.2, 0.25) is 0 Å². The first-order valence-electron chi connectivity index (χ1n) is 6.42. The second kappa shape index (κ2) is 5.51. The number of aryl methyl sites for hydroxylation is 1. The van der Waals surface area contributed by atoms with Crippen molar-refractivity contribution in [3.63, 3.8) is 0 Å². The Bertz CT molecular complexity index is 739. The van der Waals surface area contributed by atoms with Gasteiger partial charge in [-0.15, -0.1) is 0 Å². The van der Waals surface area contributed by atoms with Crippen molar-refractivity contribution in [1.29, 1.82) is 0 Å². The molecule has 0 fully saturated rings. The molecule has 0 amide bonds. The zero-order chi connectivity index (χ0) is 13.9. The lowest BCUT2D eigenvalue weighted by atomic mass is 10.1. The molecule has 2 aromatic heterocycles. The van der Waals surface area contributed by atoms with E-state index in [1.807, 2.05) is 25.1 Å². The van der Waals surface area contributed by atoms with Crippen LogP contribution in [0.1, 0.15) is 11.3 Å². The first-order chi connectivity index (χ1) is 9.74. The monoisotopic (exact) mass is 287 g/mol. The zero-order valence-electron chi connectivity index (χ0n) is 11.1. The van der Waals surface area contributed by atoms with E-state index in [4.69, 9.17) is 16.0 Å². The maximum atomic E-state index is 5.82. The third-order valence-corrected chi connectivity index (χ3v) is 3.42. The van der Waals surface area contributed by atoms with Gasteiger partial charge in [0, 0.05) is 23.6 Å². The summed E-state index contributed by atoms with van der Waals surface area (Å²) >= 11 is 5.82. The van der Waals surface area contributed by atoms with Crippen LogP contribution >= 0.6 is 11.6 Å². The average molecular weight is 288 g/mol. The van der Waals surface area contributed by atoms with Crippen LogP contribution in [-0.2, 0) is 6.42 Å². The second-order valence-corrected chi connectivity index (χ2v) is 4.92. The first-order valence-corrected chi connectivity index (χ1v) is 6.80. The first kappa shape index (κ1) is 12.9. The van der Waals surface area contributed by atoms with Crippen molar-refractivity contribution < 1.29 is 4.42 Å². The van der Waals surface area contributed by atoms with E-state index in [9.17, 15) is 0 Å². The molecule has 0 radical (unpaired) electrons. The van der Waals surface area contributed by atoms with Crippen LogP contribution < -0.4 is 5.32 Å². The van der Waals surface area contributed by atoms with E-state index >= 15 is 0 Å². The minimum atomic E-state index is 0.437. The van der Waals surface area contributed by atoms with Gasteiger partial charge in [-0.05, 0) is 19.4 Å². The third kappa shape index (κ3) is 2.60. The summed E-state index contributed by atoms with van der Waals surface area (Å²) in [6, 6.07) is 9.79. The van der Waals surface area contributed by atoms with E-state index in [2.05, 4.69) is 21.4 Å². The van der Waals surface area contributed by atoms with Gasteiger partial charge in [-0.25, -0.2) is 9.97 Å².